The van der Waals surface area contributed by atoms with E-state index >= 15 is 0 Å². The lowest BCUT2D eigenvalue weighted by atomic mass is 10.0. The fourth-order valence-electron chi connectivity index (χ4n) is 2.57. The molecule has 20 heavy (non-hydrogen) atoms. The lowest BCUT2D eigenvalue weighted by Crippen LogP contribution is -2.15. The van der Waals surface area contributed by atoms with Crippen LogP contribution in [0.5, 0.6) is 0 Å². The Bertz CT molecular complexity index is 639. The third-order valence-electron chi connectivity index (χ3n) is 3.57. The van der Waals surface area contributed by atoms with Gasteiger partial charge in [0.1, 0.15) is 0 Å². The molecule has 2 nitrogen and oxygen atoms in total. The van der Waals surface area contributed by atoms with Crippen LogP contribution in [0.25, 0.3) is 10.9 Å². The van der Waals surface area contributed by atoms with Gasteiger partial charge in [0.15, 0.2) is 0 Å². The summed E-state index contributed by atoms with van der Waals surface area (Å²) in [4.78, 5) is 4.91. The smallest absolute Gasteiger partial charge is 0.0527 e. The molecule has 0 bridgehead atoms. The molecule has 0 spiro atoms. The zero-order valence-corrected chi connectivity index (χ0v) is 13.6. The Kier molecular flexibility index (Phi) is 4.03. The summed E-state index contributed by atoms with van der Waals surface area (Å²) in [6.07, 6.45) is 2.16. The van der Waals surface area contributed by atoms with E-state index in [9.17, 15) is 0 Å². The van der Waals surface area contributed by atoms with Crippen molar-refractivity contribution in [2.45, 2.75) is 53.0 Å². The molecule has 1 heterocycles. The van der Waals surface area contributed by atoms with E-state index < -0.39 is 0 Å². The largest absolute Gasteiger partial charge is 0.348 e. The minimum absolute atomic E-state index is 0.0218. The fourth-order valence-corrected chi connectivity index (χ4v) is 2.57. The van der Waals surface area contributed by atoms with Crippen LogP contribution >= 0.6 is 0 Å². The van der Waals surface area contributed by atoms with E-state index in [0.717, 1.165) is 12.8 Å². The summed E-state index contributed by atoms with van der Waals surface area (Å²) in [6.45, 7) is 10.8. The number of rotatable bonds is 3. The maximum absolute atomic E-state index is 4.91. The molecule has 0 aliphatic rings. The molecular formula is C18H26N2. The van der Waals surface area contributed by atoms with Gasteiger partial charge < -0.3 is 4.57 Å². The Morgan fingerprint density at radius 2 is 1.90 bits per heavy atom. The summed E-state index contributed by atoms with van der Waals surface area (Å²) in [6, 6.07) is 8.95. The molecule has 1 aromatic carbocycles. The van der Waals surface area contributed by atoms with Gasteiger partial charge in [-0.25, -0.2) is 0 Å². The first-order valence-corrected chi connectivity index (χ1v) is 7.47. The van der Waals surface area contributed by atoms with E-state index in [2.05, 4.69) is 70.5 Å². The minimum atomic E-state index is -0.0218. The van der Waals surface area contributed by atoms with Crippen LogP contribution < -0.4 is 0 Å². The molecule has 108 valence electrons. The molecule has 0 radical (unpaired) electrons. The lowest BCUT2D eigenvalue weighted by molar-refractivity contribution is 0.581. The van der Waals surface area contributed by atoms with E-state index in [0.29, 0.717) is 0 Å². The Morgan fingerprint density at radius 1 is 1.20 bits per heavy atom. The number of fused-ring (bicyclic) bond motifs is 1. The molecular weight excluding hydrogens is 244 g/mol. The summed E-state index contributed by atoms with van der Waals surface area (Å²) in [5.41, 5.74) is 5.05. The zero-order valence-electron chi connectivity index (χ0n) is 13.6. The monoisotopic (exact) mass is 270 g/mol. The second-order valence-corrected chi connectivity index (χ2v) is 6.60. The number of hydrogen-bond donors (Lipinski definition) is 0. The third-order valence-corrected chi connectivity index (χ3v) is 3.57. The summed E-state index contributed by atoms with van der Waals surface area (Å²) in [5, 5.41) is 1.31. The van der Waals surface area contributed by atoms with Crippen LogP contribution in [0.3, 0.4) is 0 Å². The summed E-state index contributed by atoms with van der Waals surface area (Å²) in [5.74, 6) is 0. The topological polar surface area (TPSA) is 17.3 Å². The van der Waals surface area contributed by atoms with E-state index in [1.165, 1.54) is 27.9 Å². The van der Waals surface area contributed by atoms with Gasteiger partial charge in [-0.15, -0.1) is 0 Å². The highest BCUT2D eigenvalue weighted by molar-refractivity contribution is 6.03. The van der Waals surface area contributed by atoms with Crippen molar-refractivity contribution in [1.29, 1.82) is 0 Å². The van der Waals surface area contributed by atoms with Crippen LogP contribution in [-0.2, 0) is 7.05 Å². The Balaban J connectivity index is 2.52. The van der Waals surface area contributed by atoms with Crippen molar-refractivity contribution in [3.63, 3.8) is 0 Å². The highest BCUT2D eigenvalue weighted by Gasteiger charge is 2.12. The number of benzene rings is 1. The van der Waals surface area contributed by atoms with Crippen molar-refractivity contribution >= 4 is 16.6 Å². The molecule has 0 saturated heterocycles. The van der Waals surface area contributed by atoms with Crippen LogP contribution in [-0.4, -0.2) is 15.8 Å². The van der Waals surface area contributed by atoms with Crippen LogP contribution in [0.1, 0.15) is 51.8 Å². The Labute approximate surface area is 122 Å². The van der Waals surface area contributed by atoms with Crippen molar-refractivity contribution in [3.8, 4) is 0 Å². The molecule has 0 aliphatic heterocycles. The fraction of sp³-hybridized carbons (Fsp3) is 0.500. The molecule has 2 rings (SSSR count). The molecule has 0 unspecified atom stereocenters. The molecule has 1 aromatic heterocycles. The molecule has 0 amide bonds. The van der Waals surface area contributed by atoms with Crippen molar-refractivity contribution in [3.05, 3.63) is 35.5 Å². The lowest BCUT2D eigenvalue weighted by Gasteiger charge is -2.16. The molecule has 0 fully saturated rings. The molecule has 0 atom stereocenters. The van der Waals surface area contributed by atoms with Crippen LogP contribution in [0.15, 0.2) is 29.3 Å². The van der Waals surface area contributed by atoms with Gasteiger partial charge in [-0.2, -0.15) is 0 Å². The number of aliphatic imine (C=N–C) groups is 1. The van der Waals surface area contributed by atoms with E-state index in [-0.39, 0.29) is 5.54 Å². The maximum Gasteiger partial charge on any atom is 0.0527 e. The molecule has 0 aliphatic carbocycles. The number of hydrogen-bond acceptors (Lipinski definition) is 1. The van der Waals surface area contributed by atoms with Crippen LogP contribution in [0, 0.1) is 6.92 Å². The quantitative estimate of drug-likeness (QED) is 0.708. The molecule has 2 aromatic rings. The van der Waals surface area contributed by atoms with Crippen LogP contribution in [0.4, 0.5) is 0 Å². The molecule has 0 saturated carbocycles. The first-order valence-electron chi connectivity index (χ1n) is 7.47. The van der Waals surface area contributed by atoms with Crippen LogP contribution in [0.2, 0.25) is 0 Å². The predicted molar refractivity (Wildman–Crippen MR) is 88.9 cm³/mol. The summed E-state index contributed by atoms with van der Waals surface area (Å²) < 4.78 is 2.24. The van der Waals surface area contributed by atoms with Crippen molar-refractivity contribution < 1.29 is 0 Å². The van der Waals surface area contributed by atoms with Gasteiger partial charge in [-0.05, 0) is 57.9 Å². The average molecular weight is 270 g/mol. The van der Waals surface area contributed by atoms with Gasteiger partial charge in [-0.1, -0.05) is 19.4 Å². The zero-order chi connectivity index (χ0) is 14.9. The highest BCUT2D eigenvalue weighted by Crippen LogP contribution is 2.22. The average Bonchev–Trinajstić information content (AvgIpc) is 2.62. The third kappa shape index (κ3) is 3.12. The van der Waals surface area contributed by atoms with Crippen molar-refractivity contribution in [2.75, 3.05) is 0 Å². The first kappa shape index (κ1) is 14.8. The minimum Gasteiger partial charge on any atom is -0.348 e. The molecule has 0 N–H and O–H groups in total. The highest BCUT2D eigenvalue weighted by atomic mass is 14.9. The van der Waals surface area contributed by atoms with Crippen molar-refractivity contribution in [1.82, 2.24) is 4.57 Å². The number of aromatic nitrogens is 1. The van der Waals surface area contributed by atoms with Gasteiger partial charge >= 0.3 is 0 Å². The standard InChI is InChI=1S/C18H26N2/c1-7-8-16(19-18(3,4)5)14-9-10-17-15(12-14)11-13(2)20(17)6/h9-12H,7-8H2,1-6H3/b19-16+. The Morgan fingerprint density at radius 3 is 2.50 bits per heavy atom. The van der Waals surface area contributed by atoms with Gasteiger partial charge in [-0.3, -0.25) is 4.99 Å². The molecule has 2 heteroatoms. The van der Waals surface area contributed by atoms with Gasteiger partial charge in [0, 0.05) is 29.4 Å². The second-order valence-electron chi connectivity index (χ2n) is 6.60. The summed E-state index contributed by atoms with van der Waals surface area (Å²) in [7, 11) is 2.12. The predicted octanol–water partition coefficient (Wildman–Crippen LogP) is 4.87. The van der Waals surface area contributed by atoms with E-state index in [1.54, 1.807) is 0 Å². The maximum atomic E-state index is 4.91. The van der Waals surface area contributed by atoms with E-state index in [1.807, 2.05) is 0 Å². The van der Waals surface area contributed by atoms with Gasteiger partial charge in [0.25, 0.3) is 0 Å². The van der Waals surface area contributed by atoms with E-state index in [4.69, 9.17) is 4.99 Å². The second kappa shape index (κ2) is 5.43. The van der Waals surface area contributed by atoms with Gasteiger partial charge in [0.05, 0.1) is 5.54 Å². The SMILES string of the molecule is CCC/C(=N\C(C)(C)C)c1ccc2c(c1)cc(C)n2C. The normalized spacial score (nSPS) is 13.2. The first-order chi connectivity index (χ1) is 9.31. The number of aryl methyl sites for hydroxylation is 2. The van der Waals surface area contributed by atoms with Gasteiger partial charge in [0.2, 0.25) is 0 Å². The number of nitrogens with zero attached hydrogens (tertiary/aromatic N) is 2. The summed E-state index contributed by atoms with van der Waals surface area (Å²) >= 11 is 0. The van der Waals surface area contributed by atoms with Crippen molar-refractivity contribution in [2.24, 2.45) is 12.0 Å². The Hall–Kier alpha value is -1.57.